The fourth-order valence-corrected chi connectivity index (χ4v) is 0.891. The summed E-state index contributed by atoms with van der Waals surface area (Å²) in [5, 5.41) is 16.8. The van der Waals surface area contributed by atoms with Crippen molar-refractivity contribution in [3.63, 3.8) is 0 Å². The highest BCUT2D eigenvalue weighted by Crippen LogP contribution is 1.82. The Balaban J connectivity index is 0. The second-order valence-corrected chi connectivity index (χ2v) is 3.50. The summed E-state index contributed by atoms with van der Waals surface area (Å²) in [7, 11) is 0. The van der Waals surface area contributed by atoms with Gasteiger partial charge in [-0.1, -0.05) is 6.58 Å². The Bertz CT molecular complexity index is 213. The van der Waals surface area contributed by atoms with Crippen LogP contribution in [0.3, 0.4) is 0 Å². The smallest absolute Gasteiger partial charge is 0.240 e. The average molecular weight is 309 g/mol. The molecule has 0 aromatic carbocycles. The SMILES string of the molecule is C=CC(N)=O.OCCOCCOCCOCCOCCO. The van der Waals surface area contributed by atoms with E-state index in [-0.39, 0.29) is 13.2 Å². The predicted octanol–water partition coefficient (Wildman–Crippen LogP) is -1.30. The van der Waals surface area contributed by atoms with Crippen molar-refractivity contribution in [2.24, 2.45) is 5.73 Å². The third-order valence-corrected chi connectivity index (χ3v) is 1.79. The maximum atomic E-state index is 9.47. The molecule has 0 saturated carbocycles. The molecule has 21 heavy (non-hydrogen) atoms. The molecule has 0 fully saturated rings. The van der Waals surface area contributed by atoms with Gasteiger partial charge in [-0.25, -0.2) is 0 Å². The fraction of sp³-hybridized carbons (Fsp3) is 0.769. The van der Waals surface area contributed by atoms with Gasteiger partial charge in [0.05, 0.1) is 66.1 Å². The van der Waals surface area contributed by atoms with Crippen molar-refractivity contribution in [2.75, 3.05) is 66.1 Å². The first-order valence-corrected chi connectivity index (χ1v) is 6.63. The molecule has 0 bridgehead atoms. The van der Waals surface area contributed by atoms with E-state index in [9.17, 15) is 4.79 Å². The minimum atomic E-state index is -0.481. The quantitative estimate of drug-likeness (QED) is 0.269. The summed E-state index contributed by atoms with van der Waals surface area (Å²) in [6.45, 7) is 6.88. The van der Waals surface area contributed by atoms with Gasteiger partial charge >= 0.3 is 0 Å². The van der Waals surface area contributed by atoms with Crippen LogP contribution < -0.4 is 5.73 Å². The highest BCUT2D eigenvalue weighted by atomic mass is 16.6. The summed E-state index contributed by atoms with van der Waals surface area (Å²) >= 11 is 0. The molecule has 0 aliphatic carbocycles. The third-order valence-electron chi connectivity index (χ3n) is 1.79. The second kappa shape index (κ2) is 21.3. The normalized spacial score (nSPS) is 9.81. The highest BCUT2D eigenvalue weighted by Gasteiger charge is 1.91. The Morgan fingerprint density at radius 1 is 0.810 bits per heavy atom. The monoisotopic (exact) mass is 309 g/mol. The molecule has 0 aliphatic heterocycles. The molecule has 0 atom stereocenters. The van der Waals surface area contributed by atoms with Crippen molar-refractivity contribution in [3.8, 4) is 0 Å². The molecular weight excluding hydrogens is 282 g/mol. The number of carbonyl (C=O) groups excluding carboxylic acids is 1. The lowest BCUT2D eigenvalue weighted by Crippen LogP contribution is -2.13. The van der Waals surface area contributed by atoms with Crippen LogP contribution in [0.4, 0.5) is 0 Å². The molecule has 1 amide bonds. The van der Waals surface area contributed by atoms with Crippen LogP contribution >= 0.6 is 0 Å². The number of rotatable bonds is 14. The van der Waals surface area contributed by atoms with Gasteiger partial charge < -0.3 is 34.9 Å². The van der Waals surface area contributed by atoms with Crippen LogP contribution in [0.5, 0.6) is 0 Å². The van der Waals surface area contributed by atoms with E-state index in [1.807, 2.05) is 0 Å². The zero-order valence-electron chi connectivity index (χ0n) is 12.4. The fourth-order valence-electron chi connectivity index (χ4n) is 0.891. The molecule has 0 unspecified atom stereocenters. The number of aliphatic hydroxyl groups excluding tert-OH is 2. The molecule has 0 aromatic heterocycles. The van der Waals surface area contributed by atoms with E-state index < -0.39 is 5.91 Å². The van der Waals surface area contributed by atoms with Crippen molar-refractivity contribution in [2.45, 2.75) is 0 Å². The summed E-state index contributed by atoms with van der Waals surface area (Å²) in [5.41, 5.74) is 4.53. The Morgan fingerprint density at radius 3 is 1.24 bits per heavy atom. The molecule has 4 N–H and O–H groups in total. The number of carbonyl (C=O) groups is 1. The van der Waals surface area contributed by atoms with E-state index in [0.717, 1.165) is 6.08 Å². The summed E-state index contributed by atoms with van der Waals surface area (Å²) in [4.78, 5) is 9.47. The Labute approximate surface area is 125 Å². The van der Waals surface area contributed by atoms with Crippen LogP contribution in [-0.4, -0.2) is 82.2 Å². The summed E-state index contributed by atoms with van der Waals surface area (Å²) < 4.78 is 20.4. The second-order valence-electron chi connectivity index (χ2n) is 3.50. The molecular formula is C13H27NO7. The first-order chi connectivity index (χ1) is 10.2. The van der Waals surface area contributed by atoms with E-state index in [0.29, 0.717) is 52.9 Å². The van der Waals surface area contributed by atoms with Gasteiger partial charge in [0, 0.05) is 0 Å². The predicted molar refractivity (Wildman–Crippen MR) is 76.8 cm³/mol. The largest absolute Gasteiger partial charge is 0.394 e. The van der Waals surface area contributed by atoms with Crippen molar-refractivity contribution in [1.29, 1.82) is 0 Å². The molecule has 0 rings (SSSR count). The van der Waals surface area contributed by atoms with E-state index >= 15 is 0 Å². The zero-order valence-corrected chi connectivity index (χ0v) is 12.4. The van der Waals surface area contributed by atoms with E-state index in [1.54, 1.807) is 0 Å². The number of amides is 1. The standard InChI is InChI=1S/C10H22O6.C3H5NO/c11-1-3-13-5-7-15-9-10-16-8-6-14-4-2-12;1-2-3(4)5/h11-12H,1-10H2;2H,1H2,(H2,4,5). The molecule has 0 radical (unpaired) electrons. The number of nitrogens with two attached hydrogens (primary N) is 1. The Kier molecular flexibility index (Phi) is 22.5. The minimum absolute atomic E-state index is 0.0386. The molecule has 8 heteroatoms. The molecule has 0 aliphatic rings. The van der Waals surface area contributed by atoms with E-state index in [4.69, 9.17) is 29.2 Å². The summed E-state index contributed by atoms with van der Waals surface area (Å²) in [6.07, 6.45) is 1.06. The number of hydrogen-bond donors (Lipinski definition) is 3. The van der Waals surface area contributed by atoms with Gasteiger partial charge in [-0.2, -0.15) is 0 Å². The van der Waals surface area contributed by atoms with Crippen LogP contribution in [0.1, 0.15) is 0 Å². The van der Waals surface area contributed by atoms with Crippen LogP contribution in [-0.2, 0) is 23.7 Å². The van der Waals surface area contributed by atoms with Crippen LogP contribution in [0, 0.1) is 0 Å². The highest BCUT2D eigenvalue weighted by molar-refractivity contribution is 5.84. The number of aliphatic hydroxyl groups is 2. The first kappa shape index (κ1) is 22.3. The van der Waals surface area contributed by atoms with E-state index in [1.165, 1.54) is 0 Å². The number of hydrogen-bond acceptors (Lipinski definition) is 7. The summed E-state index contributed by atoms with van der Waals surface area (Å²) in [5.74, 6) is -0.481. The van der Waals surface area contributed by atoms with Crippen molar-refractivity contribution in [3.05, 3.63) is 12.7 Å². The van der Waals surface area contributed by atoms with Crippen molar-refractivity contribution >= 4 is 5.91 Å². The Hall–Kier alpha value is -1.03. The van der Waals surface area contributed by atoms with Gasteiger partial charge in [0.15, 0.2) is 0 Å². The molecule has 0 aromatic rings. The van der Waals surface area contributed by atoms with Gasteiger partial charge in [-0.3, -0.25) is 4.79 Å². The van der Waals surface area contributed by atoms with Crippen LogP contribution in [0.15, 0.2) is 12.7 Å². The van der Waals surface area contributed by atoms with Gasteiger partial charge in [0.1, 0.15) is 0 Å². The van der Waals surface area contributed by atoms with Crippen molar-refractivity contribution < 1.29 is 34.0 Å². The van der Waals surface area contributed by atoms with Crippen LogP contribution in [0.2, 0.25) is 0 Å². The summed E-state index contributed by atoms with van der Waals surface area (Å²) in [6, 6.07) is 0. The minimum Gasteiger partial charge on any atom is -0.394 e. The zero-order chi connectivity index (χ0) is 16.2. The topological polar surface area (TPSA) is 120 Å². The van der Waals surface area contributed by atoms with Gasteiger partial charge in [0.25, 0.3) is 0 Å². The van der Waals surface area contributed by atoms with Gasteiger partial charge in [0.2, 0.25) is 5.91 Å². The molecule has 126 valence electrons. The van der Waals surface area contributed by atoms with Gasteiger partial charge in [-0.05, 0) is 6.08 Å². The lowest BCUT2D eigenvalue weighted by Gasteiger charge is -2.06. The molecule has 0 spiro atoms. The molecule has 8 nitrogen and oxygen atoms in total. The number of ether oxygens (including phenoxy) is 4. The van der Waals surface area contributed by atoms with E-state index in [2.05, 4.69) is 12.3 Å². The first-order valence-electron chi connectivity index (χ1n) is 6.63. The third kappa shape index (κ3) is 28.0. The lowest BCUT2D eigenvalue weighted by molar-refractivity contribution is -0.113. The molecule has 0 saturated heterocycles. The Morgan fingerprint density at radius 2 is 1.05 bits per heavy atom. The maximum Gasteiger partial charge on any atom is 0.240 e. The maximum absolute atomic E-state index is 9.47. The van der Waals surface area contributed by atoms with Crippen LogP contribution in [0.25, 0.3) is 0 Å². The van der Waals surface area contributed by atoms with Crippen molar-refractivity contribution in [1.82, 2.24) is 0 Å². The lowest BCUT2D eigenvalue weighted by atomic mass is 10.6. The van der Waals surface area contributed by atoms with Gasteiger partial charge in [-0.15, -0.1) is 0 Å². The number of primary amides is 1. The average Bonchev–Trinajstić information content (AvgIpc) is 2.49. The molecule has 0 heterocycles.